The molecule has 0 atom stereocenters. The van der Waals surface area contributed by atoms with Gasteiger partial charge in [0.15, 0.2) is 0 Å². The molecular formula is C3H4FLiO4. The second kappa shape index (κ2) is 5.60. The molecule has 1 N–H and O–H groups in total. The van der Waals surface area contributed by atoms with Crippen LogP contribution in [-0.4, -0.2) is 17.0 Å². The van der Waals surface area contributed by atoms with Crippen molar-refractivity contribution in [3.8, 4) is 0 Å². The fourth-order valence-corrected chi connectivity index (χ4v) is 0.151. The van der Waals surface area contributed by atoms with E-state index in [9.17, 15) is 14.1 Å². The van der Waals surface area contributed by atoms with Gasteiger partial charge in [-0.3, -0.25) is 9.74 Å². The molecule has 0 rings (SSSR count). The Morgan fingerprint density at radius 2 is 2.11 bits per heavy atom. The Kier molecular flexibility index (Phi) is 7.03. The summed E-state index contributed by atoms with van der Waals surface area (Å²) in [4.78, 5) is 21.7. The largest absolute Gasteiger partial charge is 1.00 e. The van der Waals surface area contributed by atoms with Crippen molar-refractivity contribution in [1.29, 1.82) is 0 Å². The summed E-state index contributed by atoms with van der Waals surface area (Å²) >= 11 is 0. The van der Waals surface area contributed by atoms with Crippen molar-refractivity contribution in [2.24, 2.45) is 0 Å². The smallest absolute Gasteiger partial charge is 1.00 e. The van der Waals surface area contributed by atoms with Gasteiger partial charge in [-0.1, -0.05) is 0 Å². The van der Waals surface area contributed by atoms with Crippen LogP contribution in [0, 0.1) is 0 Å². The fraction of sp³-hybridized carbons (Fsp3) is 0.333. The molecular weight excluding hydrogens is 126 g/mol. The minimum atomic E-state index is -1.41. The molecule has 0 heterocycles. The first-order chi connectivity index (χ1) is 3.66. The maximum Gasteiger partial charge on any atom is 1.00 e. The number of rotatable bonds is 2. The quantitative estimate of drug-likeness (QED) is 0.319. The normalized spacial score (nSPS) is 7.22. The molecule has 0 spiro atoms. The predicted octanol–water partition coefficient (Wildman–Crippen LogP) is -2.99. The van der Waals surface area contributed by atoms with Crippen molar-refractivity contribution in [3.05, 3.63) is 0 Å². The van der Waals surface area contributed by atoms with Crippen molar-refractivity contribution < 1.29 is 44.5 Å². The number of carboxylic acid groups (broad SMARTS) is 1. The van der Waals surface area contributed by atoms with E-state index in [1.165, 1.54) is 0 Å². The molecule has 6 heteroatoms. The van der Waals surface area contributed by atoms with E-state index in [0.29, 0.717) is 0 Å². The van der Waals surface area contributed by atoms with Crippen LogP contribution in [0.4, 0.5) is 4.53 Å². The molecule has 0 saturated heterocycles. The zero-order valence-electron chi connectivity index (χ0n) is 5.76. The summed E-state index contributed by atoms with van der Waals surface area (Å²) in [6.07, 6.45) is -0.934. The number of carbonyl (C=O) groups is 2. The average molecular weight is 130 g/mol. The summed E-state index contributed by atoms with van der Waals surface area (Å²) in [5.41, 5.74) is 0. The van der Waals surface area contributed by atoms with Gasteiger partial charge in [-0.05, 0) is 0 Å². The van der Waals surface area contributed by atoms with E-state index >= 15 is 0 Å². The SMILES string of the molecule is O=C(O)CC(=O)OF.[H-].[Li+]. The number of aliphatic carboxylic acids is 1. The molecule has 9 heavy (non-hydrogen) atoms. The fourth-order valence-electron chi connectivity index (χ4n) is 0.151. The van der Waals surface area contributed by atoms with Gasteiger partial charge in [0, 0.05) is 4.53 Å². The Morgan fingerprint density at radius 3 is 2.22 bits per heavy atom. The number of halogens is 1. The third-order valence-corrected chi connectivity index (χ3v) is 0.382. The van der Waals surface area contributed by atoms with Crippen LogP contribution in [0.3, 0.4) is 0 Å². The number of carbonyl (C=O) groups excluding carboxylic acids is 1. The second-order valence-electron chi connectivity index (χ2n) is 1.02. The van der Waals surface area contributed by atoms with E-state index in [-0.39, 0.29) is 20.3 Å². The van der Waals surface area contributed by atoms with Crippen LogP contribution in [-0.2, 0) is 14.5 Å². The first-order valence-electron chi connectivity index (χ1n) is 1.70. The molecule has 0 aliphatic heterocycles. The van der Waals surface area contributed by atoms with E-state index in [4.69, 9.17) is 5.11 Å². The Labute approximate surface area is 63.5 Å². The summed E-state index contributed by atoms with van der Waals surface area (Å²) in [7, 11) is 0. The van der Waals surface area contributed by atoms with Crippen LogP contribution < -0.4 is 18.9 Å². The molecule has 0 radical (unpaired) electrons. The van der Waals surface area contributed by atoms with Crippen molar-refractivity contribution in [3.63, 3.8) is 0 Å². The molecule has 0 aromatic heterocycles. The minimum absolute atomic E-state index is 0. The first-order valence-corrected chi connectivity index (χ1v) is 1.70. The van der Waals surface area contributed by atoms with Crippen LogP contribution >= 0.6 is 0 Å². The van der Waals surface area contributed by atoms with E-state index in [2.05, 4.69) is 4.94 Å². The standard InChI is InChI=1S/C3H3FO4.Li.H/c4-8-3(7)1-2(5)6;;/h1H2,(H,5,6);;/q;+1;-1. The van der Waals surface area contributed by atoms with Gasteiger partial charge in [-0.2, -0.15) is 0 Å². The number of carboxylic acids is 1. The maximum absolute atomic E-state index is 10.6. The third-order valence-electron chi connectivity index (χ3n) is 0.382. The van der Waals surface area contributed by atoms with Gasteiger partial charge in [-0.25, -0.2) is 4.79 Å². The zero-order chi connectivity index (χ0) is 6.57. The van der Waals surface area contributed by atoms with Crippen LogP contribution in [0.15, 0.2) is 0 Å². The molecule has 48 valence electrons. The molecule has 4 nitrogen and oxygen atoms in total. The molecule has 0 fully saturated rings. The van der Waals surface area contributed by atoms with Gasteiger partial charge in [0.25, 0.3) is 0 Å². The van der Waals surface area contributed by atoms with Crippen LogP contribution in [0.2, 0.25) is 0 Å². The van der Waals surface area contributed by atoms with Gasteiger partial charge < -0.3 is 6.53 Å². The summed E-state index contributed by atoms with van der Waals surface area (Å²) in [5.74, 6) is -2.80. The molecule has 0 saturated carbocycles. The summed E-state index contributed by atoms with van der Waals surface area (Å²) in [6, 6.07) is 0. The van der Waals surface area contributed by atoms with Crippen LogP contribution in [0.1, 0.15) is 7.85 Å². The topological polar surface area (TPSA) is 63.6 Å². The van der Waals surface area contributed by atoms with Crippen molar-refractivity contribution >= 4 is 11.9 Å². The number of hydrogen-bond donors (Lipinski definition) is 1. The summed E-state index contributed by atoms with van der Waals surface area (Å²) in [6.45, 7) is 0. The molecule has 0 aliphatic rings. The Balaban J connectivity index is -0.000000245. The summed E-state index contributed by atoms with van der Waals surface area (Å²) in [5, 5.41) is 7.75. The minimum Gasteiger partial charge on any atom is -1.00 e. The van der Waals surface area contributed by atoms with Gasteiger partial charge in [0.2, 0.25) is 0 Å². The molecule has 0 unspecified atom stereocenters. The Hall–Kier alpha value is -0.533. The van der Waals surface area contributed by atoms with E-state index in [0.717, 1.165) is 0 Å². The molecule has 0 aromatic carbocycles. The monoisotopic (exact) mass is 130 g/mol. The van der Waals surface area contributed by atoms with E-state index < -0.39 is 18.4 Å². The average Bonchev–Trinajstić information content (AvgIpc) is 1.65. The van der Waals surface area contributed by atoms with Crippen LogP contribution in [0.5, 0.6) is 0 Å². The molecule has 0 aliphatic carbocycles. The van der Waals surface area contributed by atoms with Gasteiger partial charge >= 0.3 is 30.8 Å². The van der Waals surface area contributed by atoms with Crippen molar-refractivity contribution in [2.45, 2.75) is 6.42 Å². The van der Waals surface area contributed by atoms with Gasteiger partial charge in [0.05, 0.1) is 0 Å². The second-order valence-corrected chi connectivity index (χ2v) is 1.02. The molecule has 0 aromatic rings. The predicted molar refractivity (Wildman–Crippen MR) is 20.6 cm³/mol. The van der Waals surface area contributed by atoms with Crippen molar-refractivity contribution in [1.82, 2.24) is 0 Å². The van der Waals surface area contributed by atoms with Gasteiger partial charge in [0.1, 0.15) is 6.42 Å². The Bertz CT molecular complexity index is 119. The zero-order valence-corrected chi connectivity index (χ0v) is 4.76. The maximum atomic E-state index is 10.6. The van der Waals surface area contributed by atoms with E-state index in [1.54, 1.807) is 0 Å². The van der Waals surface area contributed by atoms with Crippen molar-refractivity contribution in [2.75, 3.05) is 0 Å². The van der Waals surface area contributed by atoms with Crippen LogP contribution in [0.25, 0.3) is 0 Å². The molecule has 0 amide bonds. The summed E-state index contributed by atoms with van der Waals surface area (Å²) < 4.78 is 10.6. The van der Waals surface area contributed by atoms with Gasteiger partial charge in [-0.15, -0.1) is 0 Å². The molecule has 0 bridgehead atoms. The van der Waals surface area contributed by atoms with E-state index in [1.807, 2.05) is 0 Å². The first kappa shape index (κ1) is 11.3. The number of hydrogen-bond acceptors (Lipinski definition) is 3. The Morgan fingerprint density at radius 1 is 1.67 bits per heavy atom. The third kappa shape index (κ3) is 7.47.